The molecule has 1 aromatic carbocycles. The third kappa shape index (κ3) is 3.25. The van der Waals surface area contributed by atoms with Crippen LogP contribution in [0.25, 0.3) is 0 Å². The van der Waals surface area contributed by atoms with E-state index in [4.69, 9.17) is 11.6 Å². The zero-order valence-corrected chi connectivity index (χ0v) is 14.3. The van der Waals surface area contributed by atoms with Crippen LogP contribution < -0.4 is 5.32 Å². The number of hydrogen-bond donors (Lipinski definition) is 1. The van der Waals surface area contributed by atoms with Crippen LogP contribution in [-0.4, -0.2) is 16.8 Å². The quantitative estimate of drug-likeness (QED) is 0.880. The van der Waals surface area contributed by atoms with E-state index in [0.29, 0.717) is 0 Å². The van der Waals surface area contributed by atoms with Crippen molar-refractivity contribution in [2.24, 2.45) is 7.05 Å². The minimum atomic E-state index is 0.213. The van der Waals surface area contributed by atoms with E-state index in [2.05, 4.69) is 39.3 Å². The average Bonchev–Trinajstić information content (AvgIpc) is 2.71. The summed E-state index contributed by atoms with van der Waals surface area (Å²) in [5.41, 5.74) is 3.48. The molecule has 0 aliphatic rings. The van der Waals surface area contributed by atoms with Crippen molar-refractivity contribution >= 4 is 27.5 Å². The predicted molar refractivity (Wildman–Crippen MR) is 87.2 cm³/mol. The molecule has 0 aliphatic heterocycles. The Morgan fingerprint density at radius 1 is 1.45 bits per heavy atom. The Balaban J connectivity index is 2.29. The number of halogens is 2. The topological polar surface area (TPSA) is 29.9 Å². The first kappa shape index (κ1) is 15.5. The Kier molecular flexibility index (Phi) is 5.24. The second kappa shape index (κ2) is 6.74. The van der Waals surface area contributed by atoms with Gasteiger partial charge in [0.25, 0.3) is 0 Å². The summed E-state index contributed by atoms with van der Waals surface area (Å²) < 4.78 is 3.07. The number of aromatic nitrogens is 2. The molecule has 2 rings (SSSR count). The van der Waals surface area contributed by atoms with Crippen molar-refractivity contribution in [1.82, 2.24) is 15.1 Å². The number of nitrogens with one attached hydrogen (secondary N) is 1. The summed E-state index contributed by atoms with van der Waals surface area (Å²) in [6.07, 6.45) is 1.79. The number of benzene rings is 1. The van der Waals surface area contributed by atoms with Gasteiger partial charge in [-0.15, -0.1) is 0 Å². The van der Waals surface area contributed by atoms with Crippen LogP contribution in [0.3, 0.4) is 0 Å². The lowest BCUT2D eigenvalue weighted by molar-refractivity contribution is 0.560. The molecule has 5 heteroatoms. The van der Waals surface area contributed by atoms with Crippen molar-refractivity contribution in [2.45, 2.75) is 25.8 Å². The third-order valence-corrected chi connectivity index (χ3v) is 4.65. The second-order valence-corrected chi connectivity index (χ2v) is 6.01. The van der Waals surface area contributed by atoms with E-state index in [1.54, 1.807) is 0 Å². The number of likely N-dealkylation sites (N-methyl/N-ethyl adjacent to an activating group) is 1. The highest BCUT2D eigenvalue weighted by Crippen LogP contribution is 2.27. The molecule has 1 atom stereocenters. The van der Waals surface area contributed by atoms with Crippen molar-refractivity contribution in [3.8, 4) is 0 Å². The summed E-state index contributed by atoms with van der Waals surface area (Å²) in [4.78, 5) is 0. The number of rotatable bonds is 5. The van der Waals surface area contributed by atoms with Crippen molar-refractivity contribution in [2.75, 3.05) is 7.05 Å². The summed E-state index contributed by atoms with van der Waals surface area (Å²) in [5, 5.41) is 8.66. The average molecular weight is 357 g/mol. The molecule has 108 valence electrons. The van der Waals surface area contributed by atoms with Crippen molar-refractivity contribution in [3.63, 3.8) is 0 Å². The third-order valence-electron chi connectivity index (χ3n) is 3.50. The van der Waals surface area contributed by atoms with E-state index in [1.807, 2.05) is 37.0 Å². The minimum absolute atomic E-state index is 0.213. The van der Waals surface area contributed by atoms with Crippen molar-refractivity contribution in [3.05, 3.63) is 50.7 Å². The maximum absolute atomic E-state index is 6.08. The van der Waals surface area contributed by atoms with Gasteiger partial charge in [-0.2, -0.15) is 5.10 Å². The van der Waals surface area contributed by atoms with Crippen LogP contribution in [-0.2, 0) is 19.9 Å². The van der Waals surface area contributed by atoms with E-state index in [0.717, 1.165) is 28.0 Å². The molecule has 1 aromatic heterocycles. The maximum atomic E-state index is 6.08. The van der Waals surface area contributed by atoms with Crippen LogP contribution in [0, 0.1) is 0 Å². The summed E-state index contributed by atoms with van der Waals surface area (Å²) in [6, 6.07) is 8.20. The maximum Gasteiger partial charge on any atom is 0.0766 e. The molecule has 0 saturated heterocycles. The van der Waals surface area contributed by atoms with Gasteiger partial charge in [0.2, 0.25) is 0 Å². The zero-order valence-electron chi connectivity index (χ0n) is 12.0. The lowest BCUT2D eigenvalue weighted by atomic mass is 10.0. The highest BCUT2D eigenvalue weighted by atomic mass is 79.9. The normalized spacial score (nSPS) is 12.7. The van der Waals surface area contributed by atoms with Gasteiger partial charge in [0.15, 0.2) is 0 Å². The van der Waals surface area contributed by atoms with Crippen molar-refractivity contribution in [1.29, 1.82) is 0 Å². The Labute approximate surface area is 133 Å². The standard InChI is InChI=1S/C15H19BrClN3/c1-4-12-15(16)14(20(3)19-12)9-13(18-2)10-6-5-7-11(17)8-10/h5-8,13,18H,4,9H2,1-3H3. The van der Waals surface area contributed by atoms with Gasteiger partial charge in [0.05, 0.1) is 15.9 Å². The SMILES string of the molecule is CCc1nn(C)c(CC(NC)c2cccc(Cl)c2)c1Br. The van der Waals surface area contributed by atoms with Gasteiger partial charge < -0.3 is 5.32 Å². The molecule has 0 radical (unpaired) electrons. The summed E-state index contributed by atoms with van der Waals surface area (Å²) >= 11 is 9.75. The molecule has 0 saturated carbocycles. The molecular weight excluding hydrogens is 338 g/mol. The van der Waals surface area contributed by atoms with Gasteiger partial charge in [-0.05, 0) is 47.1 Å². The van der Waals surface area contributed by atoms with Gasteiger partial charge >= 0.3 is 0 Å². The Morgan fingerprint density at radius 2 is 2.20 bits per heavy atom. The van der Waals surface area contributed by atoms with Crippen LogP contribution in [0.5, 0.6) is 0 Å². The van der Waals surface area contributed by atoms with Crippen LogP contribution in [0.1, 0.15) is 29.9 Å². The van der Waals surface area contributed by atoms with Crippen LogP contribution >= 0.6 is 27.5 Å². The molecule has 1 N–H and O–H groups in total. The Hall–Kier alpha value is -0.840. The molecule has 0 aliphatic carbocycles. The predicted octanol–water partition coefficient (Wildman–Crippen LogP) is 3.90. The van der Waals surface area contributed by atoms with Gasteiger partial charge in [-0.25, -0.2) is 0 Å². The monoisotopic (exact) mass is 355 g/mol. The highest BCUT2D eigenvalue weighted by Gasteiger charge is 2.18. The molecule has 0 spiro atoms. The number of hydrogen-bond acceptors (Lipinski definition) is 2. The second-order valence-electron chi connectivity index (χ2n) is 4.78. The van der Waals surface area contributed by atoms with Crippen LogP contribution in [0.4, 0.5) is 0 Å². The van der Waals surface area contributed by atoms with E-state index in [9.17, 15) is 0 Å². The Bertz CT molecular complexity index is 595. The fourth-order valence-corrected chi connectivity index (χ4v) is 3.32. The lowest BCUT2D eigenvalue weighted by Crippen LogP contribution is -2.20. The molecular formula is C15H19BrClN3. The first-order valence-electron chi connectivity index (χ1n) is 6.69. The van der Waals surface area contributed by atoms with Gasteiger partial charge in [-0.1, -0.05) is 30.7 Å². The van der Waals surface area contributed by atoms with Crippen molar-refractivity contribution < 1.29 is 0 Å². The van der Waals surface area contributed by atoms with Crippen LogP contribution in [0.2, 0.25) is 5.02 Å². The van der Waals surface area contributed by atoms with Gasteiger partial charge in [0.1, 0.15) is 0 Å². The van der Waals surface area contributed by atoms with E-state index in [-0.39, 0.29) is 6.04 Å². The molecule has 2 aromatic rings. The van der Waals surface area contributed by atoms with Crippen LogP contribution in [0.15, 0.2) is 28.7 Å². The number of aryl methyl sites for hydroxylation is 2. The fourth-order valence-electron chi connectivity index (χ4n) is 2.34. The first-order chi connectivity index (χ1) is 9.56. The van der Waals surface area contributed by atoms with E-state index >= 15 is 0 Å². The summed E-state index contributed by atoms with van der Waals surface area (Å²) in [6.45, 7) is 2.11. The molecule has 0 fully saturated rings. The summed E-state index contributed by atoms with van der Waals surface area (Å²) in [5.74, 6) is 0. The molecule has 0 bridgehead atoms. The minimum Gasteiger partial charge on any atom is -0.313 e. The van der Waals surface area contributed by atoms with E-state index in [1.165, 1.54) is 11.3 Å². The molecule has 0 amide bonds. The first-order valence-corrected chi connectivity index (χ1v) is 7.86. The zero-order chi connectivity index (χ0) is 14.7. The molecule has 1 heterocycles. The van der Waals surface area contributed by atoms with Gasteiger partial charge in [0, 0.05) is 24.5 Å². The highest BCUT2D eigenvalue weighted by molar-refractivity contribution is 9.10. The van der Waals surface area contributed by atoms with Gasteiger partial charge in [-0.3, -0.25) is 4.68 Å². The molecule has 1 unspecified atom stereocenters. The largest absolute Gasteiger partial charge is 0.313 e. The Morgan fingerprint density at radius 3 is 2.75 bits per heavy atom. The molecule has 3 nitrogen and oxygen atoms in total. The fraction of sp³-hybridized carbons (Fsp3) is 0.400. The summed E-state index contributed by atoms with van der Waals surface area (Å²) in [7, 11) is 3.96. The smallest absolute Gasteiger partial charge is 0.0766 e. The lowest BCUT2D eigenvalue weighted by Gasteiger charge is -2.17. The molecule has 20 heavy (non-hydrogen) atoms. The number of nitrogens with zero attached hydrogens (tertiary/aromatic N) is 2. The van der Waals surface area contributed by atoms with E-state index < -0.39 is 0 Å².